The molecular weight excluding hydrogens is 314 g/mol. The Bertz CT molecular complexity index is 1120. The maximum atomic E-state index is 3.74. The highest BCUT2D eigenvalue weighted by atomic mass is 14.9. The SMILES string of the molecule is CC1(C)CC1c1ccccc1Nc1cccc2cc3ccccc3cc12. The molecule has 0 spiro atoms. The van der Waals surface area contributed by atoms with Crippen LogP contribution < -0.4 is 5.32 Å². The molecule has 1 nitrogen and oxygen atoms in total. The third-order valence-corrected chi connectivity index (χ3v) is 5.87. The van der Waals surface area contributed by atoms with E-state index in [4.69, 9.17) is 0 Å². The summed E-state index contributed by atoms with van der Waals surface area (Å²) in [5.74, 6) is 0.655. The highest BCUT2D eigenvalue weighted by Crippen LogP contribution is 2.60. The summed E-state index contributed by atoms with van der Waals surface area (Å²) in [7, 11) is 0. The molecule has 0 saturated heterocycles. The van der Waals surface area contributed by atoms with Gasteiger partial charge in [0.05, 0.1) is 0 Å². The van der Waals surface area contributed by atoms with Crippen LogP contribution in [0, 0.1) is 5.41 Å². The number of fused-ring (bicyclic) bond motifs is 2. The van der Waals surface area contributed by atoms with Crippen LogP contribution in [0.3, 0.4) is 0 Å². The van der Waals surface area contributed by atoms with Crippen molar-refractivity contribution in [1.29, 1.82) is 0 Å². The van der Waals surface area contributed by atoms with Gasteiger partial charge >= 0.3 is 0 Å². The second-order valence-electron chi connectivity index (χ2n) is 8.18. The van der Waals surface area contributed by atoms with Crippen molar-refractivity contribution in [2.75, 3.05) is 5.32 Å². The van der Waals surface area contributed by atoms with Crippen molar-refractivity contribution in [3.63, 3.8) is 0 Å². The Morgan fingerprint density at radius 2 is 1.35 bits per heavy atom. The van der Waals surface area contributed by atoms with Gasteiger partial charge in [0.1, 0.15) is 0 Å². The lowest BCUT2D eigenvalue weighted by Gasteiger charge is -2.15. The molecule has 0 aromatic heterocycles. The predicted octanol–water partition coefficient (Wildman–Crippen LogP) is 7.25. The van der Waals surface area contributed by atoms with E-state index in [0.29, 0.717) is 11.3 Å². The molecule has 1 saturated carbocycles. The summed E-state index contributed by atoms with van der Waals surface area (Å²) < 4.78 is 0. The molecule has 1 N–H and O–H groups in total. The molecule has 1 aliphatic carbocycles. The first-order valence-electron chi connectivity index (χ1n) is 9.39. The van der Waals surface area contributed by atoms with E-state index in [2.05, 4.69) is 98.0 Å². The minimum Gasteiger partial charge on any atom is -0.355 e. The molecule has 1 aliphatic rings. The highest BCUT2D eigenvalue weighted by molar-refractivity contribution is 6.04. The number of rotatable bonds is 3. The van der Waals surface area contributed by atoms with Gasteiger partial charge in [0.15, 0.2) is 0 Å². The zero-order valence-electron chi connectivity index (χ0n) is 15.3. The molecule has 128 valence electrons. The van der Waals surface area contributed by atoms with Gasteiger partial charge in [0.25, 0.3) is 0 Å². The zero-order chi connectivity index (χ0) is 17.7. The molecule has 1 fully saturated rings. The van der Waals surface area contributed by atoms with Crippen molar-refractivity contribution in [2.45, 2.75) is 26.2 Å². The molecule has 5 rings (SSSR count). The first kappa shape index (κ1) is 15.5. The smallest absolute Gasteiger partial charge is 0.0464 e. The number of hydrogen-bond acceptors (Lipinski definition) is 1. The summed E-state index contributed by atoms with van der Waals surface area (Å²) in [5, 5.41) is 8.86. The first-order chi connectivity index (χ1) is 12.6. The van der Waals surface area contributed by atoms with Crippen molar-refractivity contribution in [3.05, 3.63) is 84.4 Å². The van der Waals surface area contributed by atoms with Crippen LogP contribution in [-0.2, 0) is 0 Å². The van der Waals surface area contributed by atoms with Gasteiger partial charge in [-0.3, -0.25) is 0 Å². The van der Waals surface area contributed by atoms with Crippen molar-refractivity contribution in [2.24, 2.45) is 5.41 Å². The van der Waals surface area contributed by atoms with Crippen LogP contribution in [0.5, 0.6) is 0 Å². The molecule has 0 aliphatic heterocycles. The van der Waals surface area contributed by atoms with Gasteiger partial charge in [-0.2, -0.15) is 0 Å². The predicted molar refractivity (Wildman–Crippen MR) is 112 cm³/mol. The maximum Gasteiger partial charge on any atom is 0.0464 e. The van der Waals surface area contributed by atoms with Crippen molar-refractivity contribution in [3.8, 4) is 0 Å². The molecular formula is C25H23N. The fourth-order valence-electron chi connectivity index (χ4n) is 4.13. The van der Waals surface area contributed by atoms with Crippen LogP contribution in [0.4, 0.5) is 11.4 Å². The van der Waals surface area contributed by atoms with E-state index in [1.807, 2.05) is 0 Å². The number of anilines is 2. The Hall–Kier alpha value is -2.80. The largest absolute Gasteiger partial charge is 0.355 e. The van der Waals surface area contributed by atoms with E-state index >= 15 is 0 Å². The van der Waals surface area contributed by atoms with Crippen LogP contribution in [0.25, 0.3) is 21.5 Å². The normalized spacial score (nSPS) is 18.2. The minimum atomic E-state index is 0.423. The van der Waals surface area contributed by atoms with Crippen molar-refractivity contribution >= 4 is 32.9 Å². The van der Waals surface area contributed by atoms with Crippen molar-refractivity contribution < 1.29 is 0 Å². The fourth-order valence-corrected chi connectivity index (χ4v) is 4.13. The summed E-state index contributed by atoms with van der Waals surface area (Å²) in [6.07, 6.45) is 1.27. The number of hydrogen-bond donors (Lipinski definition) is 1. The van der Waals surface area contributed by atoms with Gasteiger partial charge in [-0.05, 0) is 63.7 Å². The van der Waals surface area contributed by atoms with Crippen LogP contribution in [0.2, 0.25) is 0 Å². The Morgan fingerprint density at radius 3 is 2.12 bits per heavy atom. The maximum absolute atomic E-state index is 3.74. The summed E-state index contributed by atoms with van der Waals surface area (Å²) >= 11 is 0. The lowest BCUT2D eigenvalue weighted by molar-refractivity contribution is 0.622. The molecule has 26 heavy (non-hydrogen) atoms. The number of para-hydroxylation sites is 1. The molecule has 0 amide bonds. The topological polar surface area (TPSA) is 12.0 Å². The summed E-state index contributed by atoms with van der Waals surface area (Å²) in [6, 6.07) is 28.5. The van der Waals surface area contributed by atoms with Crippen LogP contribution in [0.15, 0.2) is 78.9 Å². The van der Waals surface area contributed by atoms with Crippen LogP contribution in [-0.4, -0.2) is 0 Å². The lowest BCUT2D eigenvalue weighted by Crippen LogP contribution is -1.98. The second kappa shape index (κ2) is 5.60. The standard InChI is InChI=1S/C25H23N/c1-25(2)16-22(25)20-11-5-6-12-23(20)26-24-13-7-10-19-14-17-8-3-4-9-18(17)15-21(19)24/h3-15,22,26H,16H2,1-2H3. The average molecular weight is 337 g/mol. The van der Waals surface area contributed by atoms with Crippen LogP contribution >= 0.6 is 0 Å². The summed E-state index contributed by atoms with van der Waals surface area (Å²) in [4.78, 5) is 0. The third-order valence-electron chi connectivity index (χ3n) is 5.87. The van der Waals surface area contributed by atoms with Gasteiger partial charge in [-0.1, -0.05) is 68.4 Å². The van der Waals surface area contributed by atoms with Gasteiger partial charge in [0, 0.05) is 16.8 Å². The van der Waals surface area contributed by atoms with E-state index in [1.54, 1.807) is 0 Å². The summed E-state index contributed by atoms with van der Waals surface area (Å²) in [6.45, 7) is 4.72. The lowest BCUT2D eigenvalue weighted by atomic mass is 10.00. The molecule has 4 aromatic carbocycles. The van der Waals surface area contributed by atoms with E-state index in [-0.39, 0.29) is 0 Å². The van der Waals surface area contributed by atoms with Gasteiger partial charge in [-0.25, -0.2) is 0 Å². The van der Waals surface area contributed by atoms with E-state index in [1.165, 1.54) is 44.9 Å². The fraction of sp³-hybridized carbons (Fsp3) is 0.200. The summed E-state index contributed by atoms with van der Waals surface area (Å²) in [5.41, 5.74) is 4.28. The molecule has 1 atom stereocenters. The van der Waals surface area contributed by atoms with E-state index < -0.39 is 0 Å². The first-order valence-corrected chi connectivity index (χ1v) is 9.39. The average Bonchev–Trinajstić information content (AvgIpc) is 3.29. The van der Waals surface area contributed by atoms with E-state index in [9.17, 15) is 0 Å². The van der Waals surface area contributed by atoms with Gasteiger partial charge in [0.2, 0.25) is 0 Å². The quantitative estimate of drug-likeness (QED) is 0.388. The number of benzene rings is 4. The Balaban J connectivity index is 1.61. The zero-order valence-corrected chi connectivity index (χ0v) is 15.3. The minimum absolute atomic E-state index is 0.423. The molecule has 1 heteroatoms. The molecule has 0 bridgehead atoms. The number of nitrogens with one attached hydrogen (secondary N) is 1. The van der Waals surface area contributed by atoms with Gasteiger partial charge in [-0.15, -0.1) is 0 Å². The molecule has 4 aromatic rings. The Kier molecular flexibility index (Phi) is 3.33. The monoisotopic (exact) mass is 337 g/mol. The van der Waals surface area contributed by atoms with Gasteiger partial charge < -0.3 is 5.32 Å². The third kappa shape index (κ3) is 2.55. The second-order valence-corrected chi connectivity index (χ2v) is 8.18. The molecule has 0 heterocycles. The highest BCUT2D eigenvalue weighted by Gasteiger charge is 2.47. The Morgan fingerprint density at radius 1 is 0.731 bits per heavy atom. The molecule has 1 unspecified atom stereocenters. The van der Waals surface area contributed by atoms with E-state index in [0.717, 1.165) is 0 Å². The molecule has 0 radical (unpaired) electrons. The Labute approximate surface area is 154 Å². The van der Waals surface area contributed by atoms with Crippen molar-refractivity contribution in [1.82, 2.24) is 0 Å². The van der Waals surface area contributed by atoms with Crippen LogP contribution in [0.1, 0.15) is 31.7 Å².